The van der Waals surface area contributed by atoms with Crippen LogP contribution in [-0.4, -0.2) is 58.0 Å². The molecule has 11 heteroatoms. The molecule has 0 amide bonds. The van der Waals surface area contributed by atoms with Crippen molar-refractivity contribution in [2.24, 2.45) is 5.92 Å². The number of hydrogen-bond donors (Lipinski definition) is 4. The molecule has 3 atom stereocenters. The minimum Gasteiger partial charge on any atom is -0.437 e. The fourth-order valence-electron chi connectivity index (χ4n) is 4.88. The standard InChI is InChI=1S/C29H31F3N6O2/c1-17-12-19(15-33-14-17)37-28-35-11-9-23(38-28)22-8-5-10-34-27(22)40-26-18(2)13-24(20-6-3-4-7-21(20)26)36-16-25(39)29(30,31)32/h3-11,13,17,19,25,33,36,39H,12,14-16H2,1-2H3,(H,35,37,38)/t17-,19+,25?/m1/s1. The van der Waals surface area contributed by atoms with E-state index >= 15 is 0 Å². The highest BCUT2D eigenvalue weighted by molar-refractivity contribution is 5.99. The van der Waals surface area contributed by atoms with Gasteiger partial charge in [0.1, 0.15) is 5.75 Å². The lowest BCUT2D eigenvalue weighted by molar-refractivity contribution is -0.198. The van der Waals surface area contributed by atoms with E-state index in [9.17, 15) is 18.3 Å². The monoisotopic (exact) mass is 552 g/mol. The number of alkyl halides is 3. The van der Waals surface area contributed by atoms with Gasteiger partial charge >= 0.3 is 6.18 Å². The van der Waals surface area contributed by atoms with E-state index in [-0.39, 0.29) is 6.04 Å². The first-order chi connectivity index (χ1) is 19.2. The topological polar surface area (TPSA) is 104 Å². The van der Waals surface area contributed by atoms with Crippen LogP contribution in [0.5, 0.6) is 11.6 Å². The Hall–Kier alpha value is -3.96. The molecule has 2 aromatic carbocycles. The number of nitrogens with zero attached hydrogens (tertiary/aromatic N) is 3. The number of halogens is 3. The maximum absolute atomic E-state index is 12.9. The summed E-state index contributed by atoms with van der Waals surface area (Å²) in [5.74, 6) is 1.93. The molecule has 0 radical (unpaired) electrons. The molecular weight excluding hydrogens is 521 g/mol. The first-order valence-electron chi connectivity index (χ1n) is 13.1. The molecular formula is C29H31F3N6O2. The molecule has 0 saturated carbocycles. The molecule has 1 unspecified atom stereocenters. The number of hydrogen-bond acceptors (Lipinski definition) is 8. The van der Waals surface area contributed by atoms with Crippen LogP contribution in [0.2, 0.25) is 0 Å². The van der Waals surface area contributed by atoms with E-state index in [1.54, 1.807) is 42.7 Å². The van der Waals surface area contributed by atoms with E-state index in [0.717, 1.165) is 19.5 Å². The van der Waals surface area contributed by atoms with Crippen LogP contribution in [0.4, 0.5) is 24.8 Å². The molecule has 1 saturated heterocycles. The third-order valence-corrected chi connectivity index (χ3v) is 6.85. The van der Waals surface area contributed by atoms with Crippen molar-refractivity contribution in [1.82, 2.24) is 20.3 Å². The number of aryl methyl sites for hydroxylation is 1. The number of ether oxygens (including phenoxy) is 1. The maximum atomic E-state index is 12.9. The van der Waals surface area contributed by atoms with E-state index in [1.165, 1.54) is 0 Å². The van der Waals surface area contributed by atoms with Gasteiger partial charge in [0.05, 0.1) is 11.3 Å². The van der Waals surface area contributed by atoms with Crippen molar-refractivity contribution in [3.05, 3.63) is 66.5 Å². The predicted molar refractivity (Wildman–Crippen MR) is 149 cm³/mol. The van der Waals surface area contributed by atoms with Crippen LogP contribution < -0.4 is 20.7 Å². The molecule has 40 heavy (non-hydrogen) atoms. The van der Waals surface area contributed by atoms with Crippen LogP contribution in [0, 0.1) is 12.8 Å². The summed E-state index contributed by atoms with van der Waals surface area (Å²) >= 11 is 0. The molecule has 4 N–H and O–H groups in total. The second kappa shape index (κ2) is 11.6. The first kappa shape index (κ1) is 27.6. The van der Waals surface area contributed by atoms with E-state index in [2.05, 4.69) is 32.8 Å². The summed E-state index contributed by atoms with van der Waals surface area (Å²) in [6.07, 6.45) is -2.85. The number of anilines is 2. The summed E-state index contributed by atoms with van der Waals surface area (Å²) in [4.78, 5) is 13.6. The summed E-state index contributed by atoms with van der Waals surface area (Å²) < 4.78 is 45.0. The molecule has 1 aliphatic rings. The smallest absolute Gasteiger partial charge is 0.416 e. The van der Waals surface area contributed by atoms with E-state index in [4.69, 9.17) is 9.72 Å². The number of aromatic nitrogens is 3. The molecule has 0 spiro atoms. The lowest BCUT2D eigenvalue weighted by atomic mass is 9.98. The van der Waals surface area contributed by atoms with Gasteiger partial charge in [-0.05, 0) is 55.6 Å². The summed E-state index contributed by atoms with van der Waals surface area (Å²) in [5.41, 5.74) is 2.45. The molecule has 8 nitrogen and oxygen atoms in total. The average molecular weight is 553 g/mol. The highest BCUT2D eigenvalue weighted by Crippen LogP contribution is 2.39. The second-order valence-electron chi connectivity index (χ2n) is 10.1. The fraction of sp³-hybridized carbons (Fsp3) is 0.345. The molecule has 0 aliphatic carbocycles. The Morgan fingerprint density at radius 3 is 2.65 bits per heavy atom. The Morgan fingerprint density at radius 1 is 1.07 bits per heavy atom. The summed E-state index contributed by atoms with van der Waals surface area (Å²) in [7, 11) is 0. The number of pyridine rings is 1. The zero-order chi connectivity index (χ0) is 28.3. The van der Waals surface area contributed by atoms with Crippen LogP contribution in [0.25, 0.3) is 22.0 Å². The van der Waals surface area contributed by atoms with Crippen LogP contribution >= 0.6 is 0 Å². The normalized spacial score (nSPS) is 18.4. The highest BCUT2D eigenvalue weighted by atomic mass is 19.4. The largest absolute Gasteiger partial charge is 0.437 e. The Labute approximate surface area is 230 Å². The Balaban J connectivity index is 1.44. The van der Waals surface area contributed by atoms with E-state index < -0.39 is 18.8 Å². The fourth-order valence-corrected chi connectivity index (χ4v) is 4.88. The molecule has 210 valence electrons. The van der Waals surface area contributed by atoms with Gasteiger partial charge in [-0.25, -0.2) is 15.0 Å². The minimum absolute atomic E-state index is 0.224. The van der Waals surface area contributed by atoms with Crippen LogP contribution in [0.1, 0.15) is 18.9 Å². The predicted octanol–water partition coefficient (Wildman–Crippen LogP) is 5.54. The number of nitrogens with one attached hydrogen (secondary N) is 3. The van der Waals surface area contributed by atoms with E-state index in [1.807, 2.05) is 25.1 Å². The summed E-state index contributed by atoms with van der Waals surface area (Å²) in [6.45, 7) is 5.18. The molecule has 3 heterocycles. The third-order valence-electron chi connectivity index (χ3n) is 6.85. The van der Waals surface area contributed by atoms with Gasteiger partial charge < -0.3 is 25.8 Å². The Morgan fingerprint density at radius 2 is 1.88 bits per heavy atom. The number of aliphatic hydroxyl groups excluding tert-OH is 1. The number of piperidine rings is 1. The van der Waals surface area contributed by atoms with Crippen LogP contribution in [0.3, 0.4) is 0 Å². The van der Waals surface area contributed by atoms with Gasteiger partial charge in [0, 0.05) is 48.0 Å². The molecule has 5 rings (SSSR count). The summed E-state index contributed by atoms with van der Waals surface area (Å²) in [6, 6.07) is 14.6. The average Bonchev–Trinajstić information content (AvgIpc) is 2.93. The molecule has 0 bridgehead atoms. The van der Waals surface area contributed by atoms with Gasteiger partial charge in [-0.2, -0.15) is 13.2 Å². The van der Waals surface area contributed by atoms with Crippen molar-refractivity contribution in [2.75, 3.05) is 30.3 Å². The molecule has 2 aromatic heterocycles. The quantitative estimate of drug-likeness (QED) is 0.226. The van der Waals surface area contributed by atoms with Gasteiger partial charge in [0.25, 0.3) is 0 Å². The summed E-state index contributed by atoms with van der Waals surface area (Å²) in [5, 5.41) is 20.4. The van der Waals surface area contributed by atoms with Gasteiger partial charge in [-0.15, -0.1) is 0 Å². The number of rotatable bonds is 8. The SMILES string of the molecule is Cc1cc(NCC(O)C(F)(F)F)c2ccccc2c1Oc1ncccc1-c1ccnc(N[C@@H]2CNC[C@H](C)C2)n1. The lowest BCUT2D eigenvalue weighted by Crippen LogP contribution is -2.42. The van der Waals surface area contributed by atoms with Gasteiger partial charge in [0.15, 0.2) is 6.10 Å². The van der Waals surface area contributed by atoms with Crippen molar-refractivity contribution in [3.63, 3.8) is 0 Å². The van der Waals surface area contributed by atoms with Crippen molar-refractivity contribution in [1.29, 1.82) is 0 Å². The molecule has 4 aromatic rings. The molecule has 1 fully saturated rings. The maximum Gasteiger partial charge on any atom is 0.416 e. The Kier molecular flexibility index (Phi) is 8.04. The minimum atomic E-state index is -4.71. The zero-order valence-electron chi connectivity index (χ0n) is 22.2. The number of aliphatic hydroxyl groups is 1. The van der Waals surface area contributed by atoms with Crippen LogP contribution in [0.15, 0.2) is 60.9 Å². The third kappa shape index (κ3) is 6.26. The molecule has 1 aliphatic heterocycles. The lowest BCUT2D eigenvalue weighted by Gasteiger charge is -2.28. The van der Waals surface area contributed by atoms with Crippen molar-refractivity contribution < 1.29 is 23.0 Å². The zero-order valence-corrected chi connectivity index (χ0v) is 22.2. The highest BCUT2D eigenvalue weighted by Gasteiger charge is 2.38. The van der Waals surface area contributed by atoms with Crippen LogP contribution in [-0.2, 0) is 0 Å². The second-order valence-corrected chi connectivity index (χ2v) is 10.1. The van der Waals surface area contributed by atoms with Gasteiger partial charge in [-0.3, -0.25) is 0 Å². The Bertz CT molecular complexity index is 1480. The first-order valence-corrected chi connectivity index (χ1v) is 13.1. The van der Waals surface area contributed by atoms with E-state index in [0.29, 0.717) is 56.8 Å². The number of fused-ring (bicyclic) bond motifs is 1. The van der Waals surface area contributed by atoms with Gasteiger partial charge in [0.2, 0.25) is 11.8 Å². The number of benzene rings is 2. The van der Waals surface area contributed by atoms with Crippen molar-refractivity contribution in [3.8, 4) is 22.9 Å². The van der Waals surface area contributed by atoms with Crippen molar-refractivity contribution in [2.45, 2.75) is 38.6 Å². The van der Waals surface area contributed by atoms with Gasteiger partial charge in [-0.1, -0.05) is 31.2 Å². The van der Waals surface area contributed by atoms with Crippen molar-refractivity contribution >= 4 is 22.4 Å².